The Morgan fingerprint density at radius 2 is 2.19 bits per heavy atom. The molecule has 142 valence electrons. The summed E-state index contributed by atoms with van der Waals surface area (Å²) in [6.07, 6.45) is 6.76. The fraction of sp³-hybridized carbons (Fsp3) is 0.600. The van der Waals surface area contributed by atoms with Crippen LogP contribution in [0.4, 0.5) is 0 Å². The van der Waals surface area contributed by atoms with Gasteiger partial charge < -0.3 is 14.2 Å². The van der Waals surface area contributed by atoms with Crippen molar-refractivity contribution in [3.05, 3.63) is 36.8 Å². The molecule has 0 aromatic carbocycles. The molecule has 2 aliphatic rings. The van der Waals surface area contributed by atoms with Gasteiger partial charge in [-0.25, -0.2) is 0 Å². The highest BCUT2D eigenvalue weighted by molar-refractivity contribution is 5.78. The zero-order valence-corrected chi connectivity index (χ0v) is 15.7. The summed E-state index contributed by atoms with van der Waals surface area (Å²) in [4.78, 5) is 31.3. The highest BCUT2D eigenvalue weighted by atomic mass is 16.3. The van der Waals surface area contributed by atoms with Gasteiger partial charge in [-0.1, -0.05) is 6.08 Å². The summed E-state index contributed by atoms with van der Waals surface area (Å²) < 4.78 is 5.33. The molecule has 1 aromatic rings. The molecule has 3 rings (SSSR count). The highest BCUT2D eigenvalue weighted by Gasteiger charge is 2.43. The minimum absolute atomic E-state index is 0.107. The molecule has 2 aliphatic heterocycles. The third kappa shape index (κ3) is 4.01. The Kier molecular flexibility index (Phi) is 5.81. The fourth-order valence-electron chi connectivity index (χ4n) is 4.10. The van der Waals surface area contributed by atoms with Gasteiger partial charge in [0.05, 0.1) is 6.26 Å². The van der Waals surface area contributed by atoms with Crippen LogP contribution in [0.1, 0.15) is 31.4 Å². The first kappa shape index (κ1) is 18.7. The number of hydrogen-bond donors (Lipinski definition) is 0. The van der Waals surface area contributed by atoms with Gasteiger partial charge in [0.25, 0.3) is 0 Å². The number of amides is 2. The number of likely N-dealkylation sites (N-methyl/N-ethyl adjacent to an activating group) is 1. The van der Waals surface area contributed by atoms with Gasteiger partial charge in [0, 0.05) is 57.5 Å². The Morgan fingerprint density at radius 1 is 1.35 bits per heavy atom. The van der Waals surface area contributed by atoms with Crippen LogP contribution in [0.5, 0.6) is 0 Å². The topological polar surface area (TPSA) is 57.0 Å². The standard InChI is InChI=1S/C20H29N3O3/c1-3-11-22-12-10-20(9-8-19(22)25)16-23(14-13-21(20)2)18(24)7-6-17-5-4-15-26-17/h3-5,15H,1,6-14,16H2,2H3/t20-/m0/s1. The van der Waals surface area contributed by atoms with Gasteiger partial charge in [0.2, 0.25) is 11.8 Å². The number of rotatable bonds is 5. The number of carbonyl (C=O) groups excluding carboxylic acids is 2. The lowest BCUT2D eigenvalue weighted by molar-refractivity contribution is -0.137. The van der Waals surface area contributed by atoms with Gasteiger partial charge in [0.1, 0.15) is 5.76 Å². The van der Waals surface area contributed by atoms with Crippen molar-refractivity contribution >= 4 is 11.8 Å². The zero-order valence-electron chi connectivity index (χ0n) is 15.7. The summed E-state index contributed by atoms with van der Waals surface area (Å²) in [5.41, 5.74) is -0.107. The molecule has 2 fully saturated rings. The maximum Gasteiger partial charge on any atom is 0.223 e. The number of furan rings is 1. The van der Waals surface area contributed by atoms with Gasteiger partial charge in [-0.2, -0.15) is 0 Å². The lowest BCUT2D eigenvalue weighted by atomic mass is 9.86. The number of piperazine rings is 1. The van der Waals surface area contributed by atoms with E-state index in [2.05, 4.69) is 18.5 Å². The number of nitrogens with zero attached hydrogens (tertiary/aromatic N) is 3. The molecule has 6 nitrogen and oxygen atoms in total. The molecule has 2 amide bonds. The molecule has 2 saturated heterocycles. The second-order valence-electron chi connectivity index (χ2n) is 7.42. The molecule has 26 heavy (non-hydrogen) atoms. The van der Waals surface area contributed by atoms with E-state index < -0.39 is 0 Å². The quantitative estimate of drug-likeness (QED) is 0.754. The monoisotopic (exact) mass is 359 g/mol. The normalized spacial score (nSPS) is 24.7. The Labute approximate surface area is 155 Å². The van der Waals surface area contributed by atoms with E-state index in [1.165, 1.54) is 0 Å². The van der Waals surface area contributed by atoms with Gasteiger partial charge in [-0.15, -0.1) is 6.58 Å². The fourth-order valence-corrected chi connectivity index (χ4v) is 4.10. The molecular weight excluding hydrogens is 330 g/mol. The molecule has 6 heteroatoms. The van der Waals surface area contributed by atoms with Crippen LogP contribution >= 0.6 is 0 Å². The highest BCUT2D eigenvalue weighted by Crippen LogP contribution is 2.32. The second-order valence-corrected chi connectivity index (χ2v) is 7.42. The first-order valence-corrected chi connectivity index (χ1v) is 9.44. The van der Waals surface area contributed by atoms with Crippen molar-refractivity contribution in [1.82, 2.24) is 14.7 Å². The van der Waals surface area contributed by atoms with E-state index >= 15 is 0 Å². The predicted molar refractivity (Wildman–Crippen MR) is 99.6 cm³/mol. The van der Waals surface area contributed by atoms with Crippen molar-refractivity contribution < 1.29 is 14.0 Å². The maximum absolute atomic E-state index is 12.7. The Bertz CT molecular complexity index is 643. The maximum atomic E-state index is 12.7. The molecule has 3 heterocycles. The van der Waals surface area contributed by atoms with Crippen LogP contribution in [0.15, 0.2) is 35.5 Å². The van der Waals surface area contributed by atoms with E-state index in [1.807, 2.05) is 21.9 Å². The van der Waals surface area contributed by atoms with Crippen LogP contribution in [0.2, 0.25) is 0 Å². The van der Waals surface area contributed by atoms with Crippen molar-refractivity contribution in [1.29, 1.82) is 0 Å². The molecule has 1 spiro atoms. The second kappa shape index (κ2) is 8.08. The van der Waals surface area contributed by atoms with Gasteiger partial charge in [-0.3, -0.25) is 14.5 Å². The summed E-state index contributed by atoms with van der Waals surface area (Å²) in [5.74, 6) is 1.21. The number of aryl methyl sites for hydroxylation is 1. The van der Waals surface area contributed by atoms with E-state index in [9.17, 15) is 9.59 Å². The SMILES string of the molecule is C=CCN1CC[C@@]2(CCC1=O)CN(C(=O)CCc1ccco1)CCN2C. The van der Waals surface area contributed by atoms with Crippen molar-refractivity contribution in [3.8, 4) is 0 Å². The predicted octanol–water partition coefficient (Wildman–Crippen LogP) is 1.92. The smallest absolute Gasteiger partial charge is 0.223 e. The minimum atomic E-state index is -0.107. The Balaban J connectivity index is 1.64. The van der Waals surface area contributed by atoms with Crippen molar-refractivity contribution in [2.24, 2.45) is 0 Å². The van der Waals surface area contributed by atoms with E-state index in [4.69, 9.17) is 4.42 Å². The first-order valence-electron chi connectivity index (χ1n) is 9.44. The number of carbonyl (C=O) groups is 2. The molecule has 0 bridgehead atoms. The number of hydrogen-bond acceptors (Lipinski definition) is 4. The molecular formula is C20H29N3O3. The van der Waals surface area contributed by atoms with Crippen molar-refractivity contribution in [2.45, 2.75) is 37.6 Å². The molecule has 0 radical (unpaired) electrons. The largest absolute Gasteiger partial charge is 0.469 e. The average molecular weight is 359 g/mol. The molecule has 0 N–H and O–H groups in total. The van der Waals surface area contributed by atoms with Crippen LogP contribution in [0.25, 0.3) is 0 Å². The third-order valence-electron chi connectivity index (χ3n) is 5.87. The van der Waals surface area contributed by atoms with Crippen molar-refractivity contribution in [2.75, 3.05) is 39.8 Å². The Hall–Kier alpha value is -2.08. The van der Waals surface area contributed by atoms with E-state index in [1.54, 1.807) is 12.3 Å². The Morgan fingerprint density at radius 3 is 2.92 bits per heavy atom. The summed E-state index contributed by atoms with van der Waals surface area (Å²) in [5, 5.41) is 0. The summed E-state index contributed by atoms with van der Waals surface area (Å²) in [6, 6.07) is 3.76. The minimum Gasteiger partial charge on any atom is -0.469 e. The van der Waals surface area contributed by atoms with E-state index in [-0.39, 0.29) is 17.4 Å². The van der Waals surface area contributed by atoms with Gasteiger partial charge >= 0.3 is 0 Å². The summed E-state index contributed by atoms with van der Waals surface area (Å²) in [7, 11) is 2.12. The van der Waals surface area contributed by atoms with Crippen LogP contribution in [0.3, 0.4) is 0 Å². The molecule has 1 aromatic heterocycles. The molecule has 0 unspecified atom stereocenters. The van der Waals surface area contributed by atoms with Crippen LogP contribution in [-0.2, 0) is 16.0 Å². The summed E-state index contributed by atoms with van der Waals surface area (Å²) >= 11 is 0. The van der Waals surface area contributed by atoms with Crippen LogP contribution in [0, 0.1) is 0 Å². The van der Waals surface area contributed by atoms with Crippen LogP contribution < -0.4 is 0 Å². The molecule has 1 atom stereocenters. The number of likely N-dealkylation sites (tertiary alicyclic amines) is 1. The third-order valence-corrected chi connectivity index (χ3v) is 5.87. The zero-order chi connectivity index (χ0) is 18.6. The van der Waals surface area contributed by atoms with E-state index in [0.717, 1.165) is 38.2 Å². The van der Waals surface area contributed by atoms with Gasteiger partial charge in [0.15, 0.2) is 0 Å². The molecule has 0 saturated carbocycles. The average Bonchev–Trinajstić information content (AvgIpc) is 3.11. The van der Waals surface area contributed by atoms with Crippen molar-refractivity contribution in [3.63, 3.8) is 0 Å². The van der Waals surface area contributed by atoms with E-state index in [0.29, 0.717) is 32.4 Å². The first-order chi connectivity index (χ1) is 12.5. The van der Waals surface area contributed by atoms with Gasteiger partial charge in [-0.05, 0) is 32.0 Å². The lowest BCUT2D eigenvalue weighted by Gasteiger charge is -2.49. The van der Waals surface area contributed by atoms with Crippen LogP contribution in [-0.4, -0.2) is 71.8 Å². The summed E-state index contributed by atoms with van der Waals surface area (Å²) in [6.45, 7) is 7.38. The lowest BCUT2D eigenvalue weighted by Crippen LogP contribution is -2.62. The molecule has 0 aliphatic carbocycles.